The predicted octanol–water partition coefficient (Wildman–Crippen LogP) is 4.76. The summed E-state index contributed by atoms with van der Waals surface area (Å²) in [6.45, 7) is 0. The van der Waals surface area contributed by atoms with Crippen molar-refractivity contribution in [2.75, 3.05) is 24.8 Å². The average Bonchev–Trinajstić information content (AvgIpc) is 3.13. The molecule has 0 fully saturated rings. The van der Waals surface area contributed by atoms with Crippen LogP contribution in [0, 0.1) is 5.82 Å². The molecule has 0 aliphatic carbocycles. The van der Waals surface area contributed by atoms with Crippen molar-refractivity contribution in [2.45, 2.75) is 6.42 Å². The van der Waals surface area contributed by atoms with Gasteiger partial charge >= 0.3 is 0 Å². The topological polar surface area (TPSA) is 80.3 Å². The molecule has 0 atom stereocenters. The van der Waals surface area contributed by atoms with Gasteiger partial charge in [0.1, 0.15) is 17.3 Å². The zero-order valence-corrected chi connectivity index (χ0v) is 17.0. The number of benzene rings is 2. The fraction of sp³-hybridized carbons (Fsp3) is 0.143. The van der Waals surface area contributed by atoms with Crippen molar-refractivity contribution in [2.24, 2.45) is 0 Å². The van der Waals surface area contributed by atoms with Gasteiger partial charge in [-0.2, -0.15) is 4.98 Å². The van der Waals surface area contributed by atoms with Crippen molar-refractivity contribution in [3.63, 3.8) is 0 Å². The Morgan fingerprint density at radius 2 is 1.97 bits per heavy atom. The van der Waals surface area contributed by atoms with E-state index < -0.39 is 5.82 Å². The van der Waals surface area contributed by atoms with E-state index in [-0.39, 0.29) is 11.8 Å². The van der Waals surface area contributed by atoms with E-state index in [1.165, 1.54) is 7.11 Å². The molecule has 3 aromatic rings. The molecular formula is C21H19ClFN5O2. The van der Waals surface area contributed by atoms with E-state index >= 15 is 0 Å². The SMILES string of the molecule is CNC=C1Cc2cc(Nc3ncc(F)c(Nc4ccc(OC)c(Cl)c4)n3)ccc2O1. The third-order valence-electron chi connectivity index (χ3n) is 4.39. The van der Waals surface area contributed by atoms with Crippen molar-refractivity contribution in [1.29, 1.82) is 0 Å². The zero-order chi connectivity index (χ0) is 21.1. The number of anilines is 4. The summed E-state index contributed by atoms with van der Waals surface area (Å²) in [5.74, 6) is 1.87. The number of rotatable bonds is 6. The summed E-state index contributed by atoms with van der Waals surface area (Å²) in [5.41, 5.74) is 2.38. The molecule has 1 aromatic heterocycles. The van der Waals surface area contributed by atoms with Gasteiger partial charge in [-0.1, -0.05) is 11.6 Å². The first-order valence-corrected chi connectivity index (χ1v) is 9.50. The Bertz CT molecular complexity index is 1120. The van der Waals surface area contributed by atoms with E-state index in [0.717, 1.165) is 29.0 Å². The smallest absolute Gasteiger partial charge is 0.229 e. The highest BCUT2D eigenvalue weighted by molar-refractivity contribution is 6.32. The lowest BCUT2D eigenvalue weighted by Gasteiger charge is -2.11. The van der Waals surface area contributed by atoms with E-state index in [1.807, 2.05) is 31.4 Å². The average molecular weight is 428 g/mol. The molecule has 154 valence electrons. The minimum atomic E-state index is -0.586. The lowest BCUT2D eigenvalue weighted by Crippen LogP contribution is -2.03. The molecule has 0 saturated carbocycles. The number of hydrogen-bond acceptors (Lipinski definition) is 7. The van der Waals surface area contributed by atoms with Crippen LogP contribution < -0.4 is 25.4 Å². The number of fused-ring (bicyclic) bond motifs is 1. The van der Waals surface area contributed by atoms with Gasteiger partial charge in [0, 0.05) is 36.6 Å². The fourth-order valence-corrected chi connectivity index (χ4v) is 3.28. The number of methoxy groups -OCH3 is 1. The van der Waals surface area contributed by atoms with Crippen molar-refractivity contribution >= 4 is 34.7 Å². The minimum Gasteiger partial charge on any atom is -0.495 e. The van der Waals surface area contributed by atoms with Gasteiger partial charge in [0.05, 0.1) is 18.3 Å². The summed E-state index contributed by atoms with van der Waals surface area (Å²) in [7, 11) is 3.35. The maximum Gasteiger partial charge on any atom is 0.229 e. The normalized spacial score (nSPS) is 13.5. The van der Waals surface area contributed by atoms with Crippen molar-refractivity contribution in [1.82, 2.24) is 15.3 Å². The standard InChI is InChI=1S/C21H19ClFN5O2/c1-24-10-15-8-12-7-13(3-5-18(12)30-15)27-21-25-11-17(23)20(28-21)26-14-4-6-19(29-2)16(22)9-14/h3-7,9-11,24H,8H2,1-2H3,(H2,25,26,27,28). The van der Waals surface area contributed by atoms with Gasteiger partial charge < -0.3 is 25.4 Å². The highest BCUT2D eigenvalue weighted by Gasteiger charge is 2.18. The van der Waals surface area contributed by atoms with E-state index in [2.05, 4.69) is 25.9 Å². The first-order valence-electron chi connectivity index (χ1n) is 9.13. The molecule has 0 unspecified atom stereocenters. The number of aromatic nitrogens is 2. The second-order valence-corrected chi connectivity index (χ2v) is 6.90. The van der Waals surface area contributed by atoms with Gasteiger partial charge in [0.25, 0.3) is 0 Å². The first-order chi connectivity index (χ1) is 14.6. The third-order valence-corrected chi connectivity index (χ3v) is 4.68. The minimum absolute atomic E-state index is 0.0254. The van der Waals surface area contributed by atoms with Crippen LogP contribution in [-0.4, -0.2) is 24.1 Å². The van der Waals surface area contributed by atoms with Gasteiger partial charge in [0.2, 0.25) is 5.95 Å². The number of nitrogens with one attached hydrogen (secondary N) is 3. The molecular weight excluding hydrogens is 409 g/mol. The number of nitrogens with zero attached hydrogens (tertiary/aromatic N) is 2. The van der Waals surface area contributed by atoms with Crippen LogP contribution in [0.25, 0.3) is 0 Å². The summed E-state index contributed by atoms with van der Waals surface area (Å²) in [5, 5.41) is 9.37. The molecule has 2 aromatic carbocycles. The molecule has 9 heteroatoms. The molecule has 1 aliphatic rings. The van der Waals surface area contributed by atoms with Crippen LogP contribution in [0.2, 0.25) is 5.02 Å². The fourth-order valence-electron chi connectivity index (χ4n) is 3.03. The van der Waals surface area contributed by atoms with Gasteiger partial charge in [-0.3, -0.25) is 0 Å². The number of hydrogen-bond donors (Lipinski definition) is 3. The second-order valence-electron chi connectivity index (χ2n) is 6.49. The first kappa shape index (κ1) is 19.8. The van der Waals surface area contributed by atoms with E-state index in [0.29, 0.717) is 22.9 Å². The Balaban J connectivity index is 1.52. The monoisotopic (exact) mass is 427 g/mol. The maximum absolute atomic E-state index is 14.2. The van der Waals surface area contributed by atoms with Gasteiger partial charge in [-0.05, 0) is 36.4 Å². The Morgan fingerprint density at radius 3 is 2.73 bits per heavy atom. The summed E-state index contributed by atoms with van der Waals surface area (Å²) in [6.07, 6.45) is 3.60. The highest BCUT2D eigenvalue weighted by Crippen LogP contribution is 2.33. The Hall–Kier alpha value is -3.52. The molecule has 30 heavy (non-hydrogen) atoms. The molecule has 4 rings (SSSR count). The van der Waals surface area contributed by atoms with Crippen LogP contribution in [-0.2, 0) is 6.42 Å². The molecule has 0 saturated heterocycles. The Kier molecular flexibility index (Phi) is 5.58. The Labute approximate surface area is 177 Å². The van der Waals surface area contributed by atoms with Gasteiger partial charge in [-0.15, -0.1) is 0 Å². The number of ether oxygens (including phenoxy) is 2. The van der Waals surface area contributed by atoms with Crippen molar-refractivity contribution in [3.05, 3.63) is 71.0 Å². The second kappa shape index (κ2) is 8.46. The third kappa shape index (κ3) is 4.23. The molecule has 0 bridgehead atoms. The van der Waals surface area contributed by atoms with E-state index in [1.54, 1.807) is 18.2 Å². The highest BCUT2D eigenvalue weighted by atomic mass is 35.5. The zero-order valence-electron chi connectivity index (χ0n) is 16.3. The maximum atomic E-state index is 14.2. The molecule has 2 heterocycles. The molecule has 0 radical (unpaired) electrons. The summed E-state index contributed by atoms with van der Waals surface area (Å²) in [6, 6.07) is 10.7. The summed E-state index contributed by atoms with van der Waals surface area (Å²) < 4.78 is 25.1. The molecule has 3 N–H and O–H groups in total. The van der Waals surface area contributed by atoms with E-state index in [9.17, 15) is 4.39 Å². The number of halogens is 2. The molecule has 0 spiro atoms. The predicted molar refractivity (Wildman–Crippen MR) is 114 cm³/mol. The van der Waals surface area contributed by atoms with Gasteiger partial charge in [0.15, 0.2) is 11.6 Å². The van der Waals surface area contributed by atoms with Crippen molar-refractivity contribution in [3.8, 4) is 11.5 Å². The molecule has 1 aliphatic heterocycles. The lowest BCUT2D eigenvalue weighted by atomic mass is 10.1. The van der Waals surface area contributed by atoms with Crippen LogP contribution in [0.3, 0.4) is 0 Å². The largest absolute Gasteiger partial charge is 0.495 e. The quantitative estimate of drug-likeness (QED) is 0.523. The van der Waals surface area contributed by atoms with Crippen LogP contribution >= 0.6 is 11.6 Å². The molecule has 0 amide bonds. The Morgan fingerprint density at radius 1 is 1.17 bits per heavy atom. The molecule has 7 nitrogen and oxygen atoms in total. The van der Waals surface area contributed by atoms with Gasteiger partial charge in [-0.25, -0.2) is 9.37 Å². The van der Waals surface area contributed by atoms with Crippen LogP contribution in [0.5, 0.6) is 11.5 Å². The van der Waals surface area contributed by atoms with Crippen LogP contribution in [0.1, 0.15) is 5.56 Å². The van der Waals surface area contributed by atoms with Crippen LogP contribution in [0.15, 0.2) is 54.6 Å². The van der Waals surface area contributed by atoms with Crippen molar-refractivity contribution < 1.29 is 13.9 Å². The van der Waals surface area contributed by atoms with E-state index in [4.69, 9.17) is 21.1 Å². The summed E-state index contributed by atoms with van der Waals surface area (Å²) >= 11 is 6.13. The van der Waals surface area contributed by atoms with Crippen LogP contribution in [0.4, 0.5) is 27.5 Å². The summed E-state index contributed by atoms with van der Waals surface area (Å²) in [4.78, 5) is 8.26. The number of allylic oxidation sites excluding steroid dienone is 1. The lowest BCUT2D eigenvalue weighted by molar-refractivity contribution is 0.415.